The fourth-order valence-electron chi connectivity index (χ4n) is 2.09. The van der Waals surface area contributed by atoms with Crippen LogP contribution in [0.4, 0.5) is 4.39 Å². The molecule has 3 nitrogen and oxygen atoms in total. The Morgan fingerprint density at radius 1 is 1.43 bits per heavy atom. The molecule has 5 heteroatoms. The standard InChI is InChI=1S/C16H20FNO2S/c1-11(12-6-7-14(20-3)13(17)9-12)18-10-16(2,19)15-5-4-8-21-15/h4-9,11,18-19H,10H2,1-3H3. The summed E-state index contributed by atoms with van der Waals surface area (Å²) in [4.78, 5) is 0.906. The highest BCUT2D eigenvalue weighted by atomic mass is 32.1. The van der Waals surface area contributed by atoms with Crippen LogP contribution in [0.2, 0.25) is 0 Å². The van der Waals surface area contributed by atoms with Crippen LogP contribution in [0, 0.1) is 5.82 Å². The number of aliphatic hydroxyl groups is 1. The highest BCUT2D eigenvalue weighted by Gasteiger charge is 2.24. The van der Waals surface area contributed by atoms with Gasteiger partial charge in [-0.2, -0.15) is 0 Å². The highest BCUT2D eigenvalue weighted by molar-refractivity contribution is 7.10. The van der Waals surface area contributed by atoms with Crippen LogP contribution in [-0.2, 0) is 5.60 Å². The van der Waals surface area contributed by atoms with E-state index < -0.39 is 5.60 Å². The lowest BCUT2D eigenvalue weighted by atomic mass is 10.0. The number of benzene rings is 1. The topological polar surface area (TPSA) is 41.5 Å². The van der Waals surface area contributed by atoms with E-state index in [1.54, 1.807) is 13.0 Å². The van der Waals surface area contributed by atoms with E-state index in [-0.39, 0.29) is 17.6 Å². The van der Waals surface area contributed by atoms with Gasteiger partial charge in [-0.15, -0.1) is 11.3 Å². The third kappa shape index (κ3) is 3.81. The van der Waals surface area contributed by atoms with Crippen molar-refractivity contribution in [3.05, 3.63) is 52.0 Å². The summed E-state index contributed by atoms with van der Waals surface area (Å²) in [5.74, 6) is -0.148. The number of hydrogen-bond acceptors (Lipinski definition) is 4. The third-order valence-electron chi connectivity index (χ3n) is 3.48. The largest absolute Gasteiger partial charge is 0.494 e. The lowest BCUT2D eigenvalue weighted by Gasteiger charge is -2.25. The van der Waals surface area contributed by atoms with Crippen molar-refractivity contribution in [1.29, 1.82) is 0 Å². The zero-order valence-corrected chi connectivity index (χ0v) is 13.2. The number of nitrogens with one attached hydrogen (secondary N) is 1. The minimum atomic E-state index is -0.937. The van der Waals surface area contributed by atoms with Crippen molar-refractivity contribution in [3.8, 4) is 5.75 Å². The maximum Gasteiger partial charge on any atom is 0.165 e. The van der Waals surface area contributed by atoms with Crippen molar-refractivity contribution in [2.24, 2.45) is 0 Å². The minimum Gasteiger partial charge on any atom is -0.494 e. The Morgan fingerprint density at radius 2 is 2.19 bits per heavy atom. The van der Waals surface area contributed by atoms with Gasteiger partial charge in [0.25, 0.3) is 0 Å². The number of thiophene rings is 1. The summed E-state index contributed by atoms with van der Waals surface area (Å²) in [5, 5.41) is 15.6. The van der Waals surface area contributed by atoms with Crippen molar-refractivity contribution in [2.75, 3.05) is 13.7 Å². The Kier molecular flexibility index (Phi) is 4.98. The molecule has 0 fully saturated rings. The predicted octanol–water partition coefficient (Wildman–Crippen LogP) is 3.45. The van der Waals surface area contributed by atoms with Crippen molar-refractivity contribution in [1.82, 2.24) is 5.32 Å². The van der Waals surface area contributed by atoms with Gasteiger partial charge in [-0.3, -0.25) is 0 Å². The molecular formula is C16H20FNO2S. The molecule has 0 radical (unpaired) electrons. The van der Waals surface area contributed by atoms with Crippen LogP contribution in [0.3, 0.4) is 0 Å². The summed E-state index contributed by atoms with van der Waals surface area (Å²) in [7, 11) is 1.44. The van der Waals surface area contributed by atoms with E-state index in [4.69, 9.17) is 4.74 Å². The first kappa shape index (κ1) is 15.9. The molecule has 0 saturated carbocycles. The van der Waals surface area contributed by atoms with E-state index in [0.29, 0.717) is 6.54 Å². The second kappa shape index (κ2) is 6.56. The molecule has 0 amide bonds. The lowest BCUT2D eigenvalue weighted by Crippen LogP contribution is -2.36. The summed E-state index contributed by atoms with van der Waals surface area (Å²) in [6.45, 7) is 4.10. The molecule has 1 heterocycles. The van der Waals surface area contributed by atoms with Gasteiger partial charge < -0.3 is 15.2 Å². The first-order chi connectivity index (χ1) is 9.94. The zero-order chi connectivity index (χ0) is 15.5. The Bertz CT molecular complexity index is 584. The average Bonchev–Trinajstić information content (AvgIpc) is 2.99. The summed E-state index contributed by atoms with van der Waals surface area (Å²) in [5.41, 5.74) is -0.122. The van der Waals surface area contributed by atoms with Crippen molar-refractivity contribution in [3.63, 3.8) is 0 Å². The molecule has 0 aliphatic rings. The van der Waals surface area contributed by atoms with Gasteiger partial charge in [0.05, 0.1) is 7.11 Å². The summed E-state index contributed by atoms with van der Waals surface area (Å²) < 4.78 is 18.6. The van der Waals surface area contributed by atoms with Crippen LogP contribution in [0.1, 0.15) is 30.3 Å². The Labute approximate surface area is 128 Å². The van der Waals surface area contributed by atoms with Crippen LogP contribution in [-0.4, -0.2) is 18.8 Å². The molecule has 0 bridgehead atoms. The lowest BCUT2D eigenvalue weighted by molar-refractivity contribution is 0.0581. The van der Waals surface area contributed by atoms with Crippen LogP contribution in [0.25, 0.3) is 0 Å². The maximum atomic E-state index is 13.7. The van der Waals surface area contributed by atoms with Crippen molar-refractivity contribution in [2.45, 2.75) is 25.5 Å². The maximum absolute atomic E-state index is 13.7. The number of rotatable bonds is 6. The molecular weight excluding hydrogens is 289 g/mol. The molecule has 0 spiro atoms. The second-order valence-corrected chi connectivity index (χ2v) is 6.20. The minimum absolute atomic E-state index is 0.0724. The van der Waals surface area contributed by atoms with E-state index in [2.05, 4.69) is 5.32 Å². The molecule has 0 aliphatic carbocycles. The molecule has 1 aromatic heterocycles. The van der Waals surface area contributed by atoms with E-state index in [0.717, 1.165) is 10.4 Å². The smallest absolute Gasteiger partial charge is 0.165 e. The fourth-order valence-corrected chi connectivity index (χ4v) is 2.88. The Hall–Kier alpha value is -1.43. The monoisotopic (exact) mass is 309 g/mol. The van der Waals surface area contributed by atoms with Gasteiger partial charge in [0, 0.05) is 17.5 Å². The second-order valence-electron chi connectivity index (χ2n) is 5.25. The van der Waals surface area contributed by atoms with Gasteiger partial charge in [-0.1, -0.05) is 12.1 Å². The predicted molar refractivity (Wildman–Crippen MR) is 83.3 cm³/mol. The quantitative estimate of drug-likeness (QED) is 0.859. The van der Waals surface area contributed by atoms with Gasteiger partial charge in [-0.25, -0.2) is 4.39 Å². The van der Waals surface area contributed by atoms with E-state index in [1.807, 2.05) is 30.5 Å². The molecule has 2 aromatic rings. The normalized spacial score (nSPS) is 15.5. The van der Waals surface area contributed by atoms with Crippen LogP contribution in [0.15, 0.2) is 35.7 Å². The SMILES string of the molecule is COc1ccc(C(C)NCC(C)(O)c2cccs2)cc1F. The van der Waals surface area contributed by atoms with Gasteiger partial charge in [0.1, 0.15) is 5.60 Å². The van der Waals surface area contributed by atoms with E-state index in [1.165, 1.54) is 24.5 Å². The molecule has 0 saturated heterocycles. The van der Waals surface area contributed by atoms with Gasteiger partial charge in [0.15, 0.2) is 11.6 Å². The van der Waals surface area contributed by atoms with Gasteiger partial charge in [0.2, 0.25) is 0 Å². The van der Waals surface area contributed by atoms with E-state index in [9.17, 15) is 9.50 Å². The van der Waals surface area contributed by atoms with Gasteiger partial charge >= 0.3 is 0 Å². The van der Waals surface area contributed by atoms with Crippen LogP contribution >= 0.6 is 11.3 Å². The number of methoxy groups -OCH3 is 1. The number of ether oxygens (including phenoxy) is 1. The molecule has 114 valence electrons. The average molecular weight is 309 g/mol. The first-order valence-corrected chi connectivity index (χ1v) is 7.65. The first-order valence-electron chi connectivity index (χ1n) is 6.77. The van der Waals surface area contributed by atoms with E-state index >= 15 is 0 Å². The third-order valence-corrected chi connectivity index (χ3v) is 4.60. The molecule has 2 unspecified atom stereocenters. The molecule has 2 atom stereocenters. The van der Waals surface area contributed by atoms with Crippen LogP contribution < -0.4 is 10.1 Å². The summed E-state index contributed by atoms with van der Waals surface area (Å²) >= 11 is 1.52. The molecule has 2 N–H and O–H groups in total. The number of hydrogen-bond donors (Lipinski definition) is 2. The number of halogens is 1. The molecule has 0 aliphatic heterocycles. The zero-order valence-electron chi connectivity index (χ0n) is 12.4. The fraction of sp³-hybridized carbons (Fsp3) is 0.375. The van der Waals surface area contributed by atoms with Crippen molar-refractivity contribution < 1.29 is 14.2 Å². The Morgan fingerprint density at radius 3 is 2.76 bits per heavy atom. The summed E-state index contributed by atoms with van der Waals surface area (Å²) in [6.07, 6.45) is 0. The van der Waals surface area contributed by atoms with Crippen LogP contribution in [0.5, 0.6) is 5.75 Å². The summed E-state index contributed by atoms with van der Waals surface area (Å²) in [6, 6.07) is 8.63. The molecule has 1 aromatic carbocycles. The molecule has 2 rings (SSSR count). The highest BCUT2D eigenvalue weighted by Crippen LogP contribution is 2.26. The van der Waals surface area contributed by atoms with Gasteiger partial charge in [-0.05, 0) is 43.0 Å². The van der Waals surface area contributed by atoms with Crippen molar-refractivity contribution >= 4 is 11.3 Å². The Balaban J connectivity index is 2.01. The molecule has 21 heavy (non-hydrogen) atoms.